The van der Waals surface area contributed by atoms with E-state index in [1.54, 1.807) is 47.9 Å². The number of aryl methyl sites for hydroxylation is 1. The molecule has 0 aliphatic heterocycles. The Kier molecular flexibility index (Phi) is 3.72. The van der Waals surface area contributed by atoms with Crippen LogP contribution >= 0.6 is 0 Å². The third-order valence-electron chi connectivity index (χ3n) is 4.62. The van der Waals surface area contributed by atoms with Crippen molar-refractivity contribution in [1.29, 1.82) is 0 Å². The zero-order valence-electron chi connectivity index (χ0n) is 14.0. The van der Waals surface area contributed by atoms with E-state index in [1.807, 2.05) is 0 Å². The van der Waals surface area contributed by atoms with E-state index in [2.05, 4.69) is 6.07 Å². The molecule has 1 amide bonds. The molecule has 3 nitrogen and oxygen atoms in total. The van der Waals surface area contributed by atoms with Crippen LogP contribution in [0.5, 0.6) is 0 Å². The number of nitrogens with zero attached hydrogens (tertiary/aromatic N) is 1. The van der Waals surface area contributed by atoms with Crippen molar-refractivity contribution in [1.82, 2.24) is 4.57 Å². The Morgan fingerprint density at radius 3 is 2.69 bits per heavy atom. The van der Waals surface area contributed by atoms with Crippen molar-refractivity contribution in [2.45, 2.75) is 13.5 Å². The molecule has 0 aliphatic carbocycles. The predicted molar refractivity (Wildman–Crippen MR) is 97.0 cm³/mol. The molecule has 4 rings (SSSR count). The molecular weight excluding hydrogens is 334 g/mol. The third kappa shape index (κ3) is 2.44. The first-order chi connectivity index (χ1) is 12.5. The number of aromatic nitrogens is 1. The Labute approximate surface area is 148 Å². The Morgan fingerprint density at radius 2 is 1.92 bits per heavy atom. The van der Waals surface area contributed by atoms with Crippen LogP contribution in [0.25, 0.3) is 21.8 Å². The number of hydrogen-bond donors (Lipinski definition) is 1. The molecule has 0 saturated carbocycles. The zero-order chi connectivity index (χ0) is 18.4. The summed E-state index contributed by atoms with van der Waals surface area (Å²) in [7, 11) is 0. The van der Waals surface area contributed by atoms with Gasteiger partial charge in [-0.2, -0.15) is 0 Å². The van der Waals surface area contributed by atoms with E-state index >= 15 is 0 Å². The van der Waals surface area contributed by atoms with Crippen molar-refractivity contribution in [2.24, 2.45) is 5.73 Å². The maximum atomic E-state index is 14.5. The van der Waals surface area contributed by atoms with Gasteiger partial charge in [0, 0.05) is 21.9 Å². The van der Waals surface area contributed by atoms with Crippen LogP contribution in [0.3, 0.4) is 0 Å². The van der Waals surface area contributed by atoms with Gasteiger partial charge in [-0.15, -0.1) is 0 Å². The monoisotopic (exact) mass is 349 g/mol. The Hall–Kier alpha value is -3.21. The lowest BCUT2D eigenvalue weighted by Crippen LogP contribution is -2.11. The van der Waals surface area contributed by atoms with Gasteiger partial charge in [0.1, 0.15) is 11.6 Å². The van der Waals surface area contributed by atoms with Crippen molar-refractivity contribution in [3.63, 3.8) is 0 Å². The van der Waals surface area contributed by atoms with E-state index in [9.17, 15) is 13.6 Å². The van der Waals surface area contributed by atoms with Gasteiger partial charge in [0.15, 0.2) is 0 Å². The van der Waals surface area contributed by atoms with E-state index in [0.29, 0.717) is 38.5 Å². The van der Waals surface area contributed by atoms with Crippen LogP contribution in [0.15, 0.2) is 48.5 Å². The number of primary amides is 1. The number of benzene rings is 3. The van der Waals surface area contributed by atoms with Crippen molar-refractivity contribution < 1.29 is 13.6 Å². The average molecular weight is 349 g/mol. The van der Waals surface area contributed by atoms with Crippen molar-refractivity contribution in [3.05, 3.63) is 82.9 Å². The first kappa shape index (κ1) is 16.3. The highest BCUT2D eigenvalue weighted by atomic mass is 19.1. The van der Waals surface area contributed by atoms with Gasteiger partial charge in [-0.1, -0.05) is 24.3 Å². The minimum absolute atomic E-state index is 0.201. The molecule has 26 heavy (non-hydrogen) atoms. The van der Waals surface area contributed by atoms with E-state index in [0.717, 1.165) is 0 Å². The summed E-state index contributed by atoms with van der Waals surface area (Å²) < 4.78 is 30.2. The fraction of sp³-hybridized carbons (Fsp3) is 0.0952. The molecule has 3 aromatic carbocycles. The van der Waals surface area contributed by atoms with Gasteiger partial charge in [0.05, 0.1) is 17.6 Å². The quantitative estimate of drug-likeness (QED) is 0.588. The topological polar surface area (TPSA) is 48.0 Å². The summed E-state index contributed by atoms with van der Waals surface area (Å²) >= 11 is 0. The van der Waals surface area contributed by atoms with Crippen LogP contribution in [0.1, 0.15) is 21.5 Å². The van der Waals surface area contributed by atoms with Gasteiger partial charge >= 0.3 is 0 Å². The molecule has 0 saturated heterocycles. The van der Waals surface area contributed by atoms with Crippen LogP contribution in [-0.2, 0) is 6.54 Å². The van der Waals surface area contributed by atoms with Gasteiger partial charge in [0.25, 0.3) is 0 Å². The molecule has 0 unspecified atom stereocenters. The molecule has 129 valence electrons. The lowest BCUT2D eigenvalue weighted by molar-refractivity contribution is 0.100. The Bertz CT molecular complexity index is 1180. The maximum absolute atomic E-state index is 14.5. The third-order valence-corrected chi connectivity index (χ3v) is 4.62. The summed E-state index contributed by atoms with van der Waals surface area (Å²) in [6.45, 7) is 1.90. The molecule has 1 radical (unpaired) electrons. The normalized spacial score (nSPS) is 11.3. The minimum Gasteiger partial charge on any atom is -0.366 e. The summed E-state index contributed by atoms with van der Waals surface area (Å²) in [6.07, 6.45) is 0. The summed E-state index contributed by atoms with van der Waals surface area (Å²) in [5.74, 6) is -1.32. The standard InChI is InChI=1S/C21H15F2N2O/c1-12-4-2-5-13(20(12)23)11-25-17-7-3-6-16(21(24)26)19(17)15-9-8-14(22)10-18(15)25/h2-8,10H,11H2,1H3,(H2,24,26). The summed E-state index contributed by atoms with van der Waals surface area (Å²) in [4.78, 5) is 11.9. The SMILES string of the molecule is Cc1cccc(Cn2c3cc(F)c[c]c3c3c(C(N)=O)cccc32)c1F. The average Bonchev–Trinajstić information content (AvgIpc) is 2.92. The van der Waals surface area contributed by atoms with E-state index in [1.165, 1.54) is 12.1 Å². The number of nitrogens with two attached hydrogens (primary N) is 1. The molecule has 5 heteroatoms. The number of amides is 1. The highest BCUT2D eigenvalue weighted by molar-refractivity contribution is 6.17. The van der Waals surface area contributed by atoms with Crippen LogP contribution < -0.4 is 5.73 Å². The van der Waals surface area contributed by atoms with E-state index in [4.69, 9.17) is 5.73 Å². The first-order valence-corrected chi connectivity index (χ1v) is 8.13. The highest BCUT2D eigenvalue weighted by Crippen LogP contribution is 2.32. The summed E-state index contributed by atoms with van der Waals surface area (Å²) in [5.41, 5.74) is 8.08. The maximum Gasteiger partial charge on any atom is 0.249 e. The van der Waals surface area contributed by atoms with E-state index in [-0.39, 0.29) is 12.4 Å². The van der Waals surface area contributed by atoms with Crippen molar-refractivity contribution >= 4 is 27.7 Å². The van der Waals surface area contributed by atoms with Crippen LogP contribution in [0, 0.1) is 24.6 Å². The van der Waals surface area contributed by atoms with Gasteiger partial charge in [-0.3, -0.25) is 4.79 Å². The van der Waals surface area contributed by atoms with Crippen LogP contribution in [0.2, 0.25) is 0 Å². The number of carbonyl (C=O) groups is 1. The van der Waals surface area contributed by atoms with Crippen LogP contribution in [-0.4, -0.2) is 10.5 Å². The van der Waals surface area contributed by atoms with Crippen molar-refractivity contribution in [3.8, 4) is 0 Å². The molecule has 0 aliphatic rings. The zero-order valence-corrected chi connectivity index (χ0v) is 14.0. The minimum atomic E-state index is -0.575. The fourth-order valence-electron chi connectivity index (χ4n) is 3.41. The second kappa shape index (κ2) is 5.95. The van der Waals surface area contributed by atoms with Gasteiger partial charge < -0.3 is 10.3 Å². The van der Waals surface area contributed by atoms with E-state index < -0.39 is 11.7 Å². The largest absolute Gasteiger partial charge is 0.366 e. The number of rotatable bonds is 3. The number of fused-ring (bicyclic) bond motifs is 3. The van der Waals surface area contributed by atoms with Gasteiger partial charge in [-0.05, 0) is 42.8 Å². The summed E-state index contributed by atoms with van der Waals surface area (Å²) in [6, 6.07) is 15.8. The molecule has 4 aromatic rings. The molecule has 1 heterocycles. The van der Waals surface area contributed by atoms with Gasteiger partial charge in [-0.25, -0.2) is 8.78 Å². The lowest BCUT2D eigenvalue weighted by Gasteiger charge is -2.10. The molecule has 0 spiro atoms. The van der Waals surface area contributed by atoms with Crippen LogP contribution in [0.4, 0.5) is 8.78 Å². The second-order valence-corrected chi connectivity index (χ2v) is 6.28. The Morgan fingerprint density at radius 1 is 1.15 bits per heavy atom. The molecule has 0 fully saturated rings. The fourth-order valence-corrected chi connectivity index (χ4v) is 3.41. The molecule has 0 atom stereocenters. The Balaban J connectivity index is 2.07. The first-order valence-electron chi connectivity index (χ1n) is 8.13. The summed E-state index contributed by atoms with van der Waals surface area (Å²) in [5, 5.41) is 1.19. The number of halogens is 2. The smallest absolute Gasteiger partial charge is 0.249 e. The molecule has 1 aromatic heterocycles. The number of hydrogen-bond acceptors (Lipinski definition) is 1. The van der Waals surface area contributed by atoms with Crippen molar-refractivity contribution in [2.75, 3.05) is 0 Å². The second-order valence-electron chi connectivity index (χ2n) is 6.28. The molecule has 2 N–H and O–H groups in total. The lowest BCUT2D eigenvalue weighted by atomic mass is 10.1. The molecular formula is C21H15F2N2O. The molecule has 0 bridgehead atoms. The highest BCUT2D eigenvalue weighted by Gasteiger charge is 2.18. The predicted octanol–water partition coefficient (Wildman–Crippen LogP) is 4.33. The van der Waals surface area contributed by atoms with Gasteiger partial charge in [0.2, 0.25) is 5.91 Å². The number of carbonyl (C=O) groups excluding carboxylic acids is 1.